The van der Waals surface area contributed by atoms with Crippen LogP contribution >= 0.6 is 11.6 Å². The fourth-order valence-electron chi connectivity index (χ4n) is 1.81. The molecule has 0 fully saturated rings. The number of amides is 2. The summed E-state index contributed by atoms with van der Waals surface area (Å²) in [6, 6.07) is 9.16. The lowest BCUT2D eigenvalue weighted by molar-refractivity contribution is -0.115. The molecule has 0 aliphatic heterocycles. The Morgan fingerprint density at radius 1 is 1.04 bits per heavy atom. The van der Waals surface area contributed by atoms with Crippen LogP contribution in [0.2, 0.25) is 5.02 Å². The van der Waals surface area contributed by atoms with Crippen molar-refractivity contribution in [3.05, 3.63) is 58.6 Å². The number of hydrogen-bond donors (Lipinski definition) is 2. The van der Waals surface area contributed by atoms with E-state index in [0.717, 1.165) is 6.07 Å². The maximum absolute atomic E-state index is 13.2. The summed E-state index contributed by atoms with van der Waals surface area (Å²) < 4.78 is 26.2. The van der Waals surface area contributed by atoms with Gasteiger partial charge in [-0.25, -0.2) is 8.78 Å². The Morgan fingerprint density at radius 3 is 2.17 bits per heavy atom. The van der Waals surface area contributed by atoms with Crippen LogP contribution in [0.15, 0.2) is 36.4 Å². The number of rotatable bonds is 4. The number of carbonyl (C=O) groups is 2. The summed E-state index contributed by atoms with van der Waals surface area (Å²) in [5, 5.41) is 13.2. The van der Waals surface area contributed by atoms with Crippen molar-refractivity contribution in [1.29, 1.82) is 5.26 Å². The van der Waals surface area contributed by atoms with Crippen LogP contribution in [-0.2, 0) is 4.79 Å². The second-order valence-electron chi connectivity index (χ2n) is 4.66. The second-order valence-corrected chi connectivity index (χ2v) is 5.07. The van der Waals surface area contributed by atoms with Gasteiger partial charge in [-0.2, -0.15) is 5.26 Å². The number of halogens is 3. The molecule has 0 radical (unpaired) electrons. The molecule has 0 spiro atoms. The molecule has 5 nitrogen and oxygen atoms in total. The van der Waals surface area contributed by atoms with E-state index in [1.165, 1.54) is 24.3 Å². The van der Waals surface area contributed by atoms with Gasteiger partial charge >= 0.3 is 0 Å². The molecule has 0 aliphatic carbocycles. The van der Waals surface area contributed by atoms with Gasteiger partial charge in [-0.05, 0) is 36.4 Å². The van der Waals surface area contributed by atoms with E-state index in [2.05, 4.69) is 10.6 Å². The monoisotopic (exact) mass is 349 g/mol. The zero-order valence-corrected chi connectivity index (χ0v) is 12.8. The highest BCUT2D eigenvalue weighted by Crippen LogP contribution is 2.22. The minimum absolute atomic E-state index is 0.207. The molecule has 0 aromatic heterocycles. The van der Waals surface area contributed by atoms with Crippen LogP contribution in [0, 0.1) is 23.0 Å². The second kappa shape index (κ2) is 7.53. The lowest BCUT2D eigenvalue weighted by Gasteiger charge is -2.09. The van der Waals surface area contributed by atoms with Gasteiger partial charge in [0.25, 0.3) is 5.91 Å². The number of carbonyl (C=O) groups excluding carboxylic acids is 2. The molecule has 8 heteroatoms. The Kier molecular flexibility index (Phi) is 5.45. The average molecular weight is 350 g/mol. The summed E-state index contributed by atoms with van der Waals surface area (Å²) in [6.07, 6.45) is -0.271. The van der Waals surface area contributed by atoms with Crippen LogP contribution in [0.1, 0.15) is 16.8 Å². The minimum atomic E-state index is -1.18. The van der Waals surface area contributed by atoms with Crippen molar-refractivity contribution in [3.63, 3.8) is 0 Å². The lowest BCUT2D eigenvalue weighted by Crippen LogP contribution is -2.13. The number of nitrogens with zero attached hydrogens (tertiary/aromatic N) is 1. The van der Waals surface area contributed by atoms with E-state index in [9.17, 15) is 18.4 Å². The predicted molar refractivity (Wildman–Crippen MR) is 84.6 cm³/mol. The van der Waals surface area contributed by atoms with Crippen LogP contribution in [0.5, 0.6) is 0 Å². The fraction of sp³-hybridized carbons (Fsp3) is 0.0625. The highest BCUT2D eigenvalue weighted by molar-refractivity contribution is 6.34. The molecule has 24 heavy (non-hydrogen) atoms. The first-order chi connectivity index (χ1) is 11.4. The van der Waals surface area contributed by atoms with E-state index < -0.39 is 23.4 Å². The summed E-state index contributed by atoms with van der Waals surface area (Å²) in [7, 11) is 0. The molecule has 0 saturated carbocycles. The summed E-state index contributed by atoms with van der Waals surface area (Å²) >= 11 is 5.73. The zero-order chi connectivity index (χ0) is 17.7. The van der Waals surface area contributed by atoms with Crippen molar-refractivity contribution in [2.75, 3.05) is 10.6 Å². The van der Waals surface area contributed by atoms with Crippen molar-refractivity contribution in [1.82, 2.24) is 0 Å². The number of nitrogens with one attached hydrogen (secondary N) is 2. The average Bonchev–Trinajstić information content (AvgIpc) is 2.53. The molecule has 0 saturated heterocycles. The van der Waals surface area contributed by atoms with Crippen LogP contribution < -0.4 is 10.6 Å². The summed E-state index contributed by atoms with van der Waals surface area (Å²) in [4.78, 5) is 23.3. The minimum Gasteiger partial charge on any atom is -0.325 e. The van der Waals surface area contributed by atoms with Crippen molar-refractivity contribution < 1.29 is 18.4 Å². The Morgan fingerprint density at radius 2 is 1.58 bits per heavy atom. The maximum atomic E-state index is 13.2. The topological polar surface area (TPSA) is 82.0 Å². The Labute approximate surface area is 140 Å². The standard InChI is InChI=1S/C16H10ClF2N3O2/c17-12-8-14(19)13(18)7-11(12)16(24)22-10-3-1-9(2-4-10)21-15(23)5-6-20/h1-4,7-8H,5H2,(H,21,23)(H,22,24). The summed E-state index contributed by atoms with van der Waals surface area (Å²) in [5.74, 6) is -3.49. The lowest BCUT2D eigenvalue weighted by atomic mass is 10.2. The molecule has 2 aromatic carbocycles. The molecule has 2 amide bonds. The van der Waals surface area contributed by atoms with E-state index >= 15 is 0 Å². The molecule has 0 heterocycles. The molecule has 0 aliphatic rings. The van der Waals surface area contributed by atoms with Gasteiger partial charge in [0, 0.05) is 11.4 Å². The molecule has 2 rings (SSSR count). The molecule has 0 bridgehead atoms. The molecule has 122 valence electrons. The van der Waals surface area contributed by atoms with Gasteiger partial charge in [0.15, 0.2) is 11.6 Å². The third kappa shape index (κ3) is 4.27. The molecule has 0 atom stereocenters. The largest absolute Gasteiger partial charge is 0.325 e. The van der Waals surface area contributed by atoms with Crippen molar-refractivity contribution in [2.24, 2.45) is 0 Å². The Hall–Kier alpha value is -2.98. The molecular formula is C16H10ClF2N3O2. The SMILES string of the molecule is N#CCC(=O)Nc1ccc(NC(=O)c2cc(F)c(F)cc2Cl)cc1. The van der Waals surface area contributed by atoms with Crippen LogP contribution in [-0.4, -0.2) is 11.8 Å². The summed E-state index contributed by atoms with van der Waals surface area (Å²) in [6.45, 7) is 0. The van der Waals surface area contributed by atoms with Crippen molar-refractivity contribution >= 4 is 34.8 Å². The first kappa shape index (κ1) is 17.4. The smallest absolute Gasteiger partial charge is 0.257 e. The Bertz CT molecular complexity index is 832. The maximum Gasteiger partial charge on any atom is 0.257 e. The number of benzene rings is 2. The van der Waals surface area contributed by atoms with Gasteiger partial charge in [-0.3, -0.25) is 9.59 Å². The summed E-state index contributed by atoms with van der Waals surface area (Å²) in [5.41, 5.74) is 0.597. The van der Waals surface area contributed by atoms with Gasteiger partial charge in [0.1, 0.15) is 6.42 Å². The number of anilines is 2. The molecular weight excluding hydrogens is 340 g/mol. The molecule has 0 unspecified atom stereocenters. The van der Waals surface area contributed by atoms with Gasteiger partial charge < -0.3 is 10.6 Å². The van der Waals surface area contributed by atoms with Gasteiger partial charge in [0.05, 0.1) is 16.7 Å². The number of nitriles is 1. The van der Waals surface area contributed by atoms with Gasteiger partial charge in [-0.15, -0.1) is 0 Å². The molecule has 2 N–H and O–H groups in total. The Balaban J connectivity index is 2.09. The van der Waals surface area contributed by atoms with Crippen LogP contribution in [0.3, 0.4) is 0 Å². The zero-order valence-electron chi connectivity index (χ0n) is 12.1. The van der Waals surface area contributed by atoms with Gasteiger partial charge in [0.2, 0.25) is 5.91 Å². The van der Waals surface area contributed by atoms with Gasteiger partial charge in [-0.1, -0.05) is 11.6 Å². The van der Waals surface area contributed by atoms with E-state index in [4.69, 9.17) is 16.9 Å². The third-order valence-corrected chi connectivity index (χ3v) is 3.23. The highest BCUT2D eigenvalue weighted by Gasteiger charge is 2.15. The molecule has 2 aromatic rings. The van der Waals surface area contributed by atoms with E-state index in [1.807, 2.05) is 0 Å². The first-order valence-corrected chi connectivity index (χ1v) is 7.01. The third-order valence-electron chi connectivity index (χ3n) is 2.92. The van der Waals surface area contributed by atoms with E-state index in [1.54, 1.807) is 6.07 Å². The first-order valence-electron chi connectivity index (χ1n) is 6.63. The normalized spacial score (nSPS) is 9.92. The van der Waals surface area contributed by atoms with Crippen LogP contribution in [0.4, 0.5) is 20.2 Å². The fourth-order valence-corrected chi connectivity index (χ4v) is 2.05. The van der Waals surface area contributed by atoms with Crippen LogP contribution in [0.25, 0.3) is 0 Å². The van der Waals surface area contributed by atoms with E-state index in [-0.39, 0.29) is 17.0 Å². The van der Waals surface area contributed by atoms with Crippen molar-refractivity contribution in [3.8, 4) is 6.07 Å². The number of hydrogen-bond acceptors (Lipinski definition) is 3. The van der Waals surface area contributed by atoms with E-state index in [0.29, 0.717) is 17.4 Å². The quantitative estimate of drug-likeness (QED) is 0.825. The van der Waals surface area contributed by atoms with Crippen molar-refractivity contribution in [2.45, 2.75) is 6.42 Å². The predicted octanol–water partition coefficient (Wildman–Crippen LogP) is 3.72. The highest BCUT2D eigenvalue weighted by atomic mass is 35.5.